The number of ether oxygens (including phenoxy) is 4. The van der Waals surface area contributed by atoms with Gasteiger partial charge in [0.25, 0.3) is 0 Å². The van der Waals surface area contributed by atoms with Crippen molar-refractivity contribution in [3.05, 3.63) is 70.3 Å². The molecule has 3 aromatic rings. The van der Waals surface area contributed by atoms with E-state index in [1.54, 1.807) is 0 Å². The summed E-state index contributed by atoms with van der Waals surface area (Å²) in [6, 6.07) is 8.77. The third-order valence-corrected chi connectivity index (χ3v) is 34.9. The van der Waals surface area contributed by atoms with Crippen molar-refractivity contribution in [2.45, 2.75) is 572 Å². The molecule has 16 atom stereocenters. The molecule has 2 aromatic heterocycles. The molecule has 3 saturated carbocycles. The summed E-state index contributed by atoms with van der Waals surface area (Å²) in [4.78, 5) is 0. The molecule has 11 rings (SSSR count). The fraction of sp³-hybridized carbons (Fsp3) is 0.912. The Hall–Kier alpha value is -2.60. The maximum atomic E-state index is 5.86. The molecule has 3 aliphatic carbocycles. The molecule has 147 heavy (non-hydrogen) atoms. The van der Waals surface area contributed by atoms with E-state index in [9.17, 15) is 0 Å². The Balaban J connectivity index is 0.000000809. The van der Waals surface area contributed by atoms with Crippen LogP contribution in [0.1, 0.15) is 561 Å². The number of nitrogens with zero attached hydrogens (tertiary/aromatic N) is 2. The summed E-state index contributed by atoms with van der Waals surface area (Å²) in [5.41, 5.74) is 15.9. The van der Waals surface area contributed by atoms with Gasteiger partial charge >= 0.3 is 0 Å². The van der Waals surface area contributed by atoms with Crippen LogP contribution in [0.15, 0.2) is 36.7 Å². The van der Waals surface area contributed by atoms with Crippen molar-refractivity contribution in [3.63, 3.8) is 0 Å². The van der Waals surface area contributed by atoms with Gasteiger partial charge in [-0.2, -0.15) is 10.2 Å². The first-order chi connectivity index (χ1) is 65.0. The molecule has 10 nitrogen and oxygen atoms in total. The van der Waals surface area contributed by atoms with Crippen LogP contribution < -0.4 is 10.6 Å². The van der Waals surface area contributed by atoms with Crippen LogP contribution in [0.4, 0.5) is 0 Å². The minimum atomic E-state index is 0.151. The van der Waals surface area contributed by atoms with E-state index >= 15 is 0 Å². The van der Waals surface area contributed by atoms with Crippen LogP contribution in [0.25, 0.3) is 0 Å². The average Bonchev–Trinajstić information content (AvgIpc) is 1.64. The normalized spacial score (nSPS) is 26.0. The Morgan fingerprint density at radius 1 is 0.204 bits per heavy atom. The van der Waals surface area contributed by atoms with Gasteiger partial charge in [0.05, 0.1) is 57.6 Å². The molecule has 0 bridgehead atoms. The number of benzene rings is 1. The van der Waals surface area contributed by atoms with Gasteiger partial charge in [-0.15, -0.1) is 0 Å². The standard InChI is InChI=1S/C14H28.C14H22.C13H27N.C13H26O.C13H26.C12H25N.C12H24O2.C12H24O.C12H24.2C11H20N2/c2*1-13(2,3)11-9-7-8-10-12(11)14(4,5)6;2*1-12(2,3)10-7-8-14-9-11(10)13(4,5)6;1-12(2,3)10-8-7-9-11(10)13(4,5)6;1-11(2,3)9-7-13-8-10(9)12(4,5)6;1-11(2,3)9-10(12(4,5)6)14-8-7-13-9;1-11(2,3)9-7-13-8-10(9)12(4,5)6;1-11(2,3)9-7-8-10(9)12(4,5)6;2*1-10(2,3)8-7-12-13-9(8)11(4,5)6/h11-12H,7-10H2,1-6H3;7-10H,1-6H3;10-11,14H,7-9H2,1-6H3;10-11H,7-9H2,1-6H3;10-11H,7-9H2,1-6H3;9-10,13H,7-8H2,1-6H3;9-10H,7-8H2,1-6H3;9-10H,7-8H2,1-6H3;9-10H,7-8H2,1-6H3;2*7H,1-6H3,(H,12,13). The van der Waals surface area contributed by atoms with Gasteiger partial charge in [0.15, 0.2) is 0 Å². The molecule has 0 amide bonds. The molecule has 8 aliphatic rings. The van der Waals surface area contributed by atoms with E-state index in [-0.39, 0.29) is 55.5 Å². The van der Waals surface area contributed by atoms with Gasteiger partial charge in [0, 0.05) is 28.8 Å². The Morgan fingerprint density at radius 3 is 0.639 bits per heavy atom. The predicted octanol–water partition coefficient (Wildman–Crippen LogP) is 39.9. The van der Waals surface area contributed by atoms with Crippen LogP contribution in [0.2, 0.25) is 0 Å². The van der Waals surface area contributed by atoms with Gasteiger partial charge in [-0.05, 0) is 291 Å². The fourth-order valence-corrected chi connectivity index (χ4v) is 25.6. The van der Waals surface area contributed by atoms with Crippen LogP contribution in [0, 0.1) is 169 Å². The fourth-order valence-electron chi connectivity index (χ4n) is 25.6. The number of hydrogen-bond donors (Lipinski definition) is 4. The first kappa shape index (κ1) is 142. The summed E-state index contributed by atoms with van der Waals surface area (Å²) >= 11 is 0. The molecule has 0 spiro atoms. The van der Waals surface area contributed by atoms with Crippen molar-refractivity contribution in [2.24, 2.45) is 169 Å². The highest BCUT2D eigenvalue weighted by molar-refractivity contribution is 5.37. The zero-order valence-corrected chi connectivity index (χ0v) is 112. The van der Waals surface area contributed by atoms with Gasteiger partial charge in [-0.3, -0.25) is 10.2 Å². The third-order valence-electron chi connectivity index (χ3n) is 34.9. The molecule has 16 unspecified atom stereocenters. The maximum absolute atomic E-state index is 5.86. The van der Waals surface area contributed by atoms with Crippen molar-refractivity contribution in [2.75, 3.05) is 65.8 Å². The van der Waals surface area contributed by atoms with Crippen LogP contribution in [0.3, 0.4) is 0 Å². The van der Waals surface area contributed by atoms with Crippen molar-refractivity contribution in [1.29, 1.82) is 0 Å². The van der Waals surface area contributed by atoms with E-state index < -0.39 is 0 Å². The molecule has 1 aromatic carbocycles. The monoisotopic (exact) mass is 2060 g/mol. The van der Waals surface area contributed by atoms with Gasteiger partial charge < -0.3 is 29.6 Å². The average molecular weight is 2060 g/mol. The van der Waals surface area contributed by atoms with Crippen molar-refractivity contribution >= 4 is 0 Å². The van der Waals surface area contributed by atoms with Crippen molar-refractivity contribution < 1.29 is 18.9 Å². The first-order valence-electron chi connectivity index (χ1n) is 60.0. The Bertz CT molecular complexity index is 3520. The van der Waals surface area contributed by atoms with E-state index in [1.807, 2.05) is 12.4 Å². The number of aromatic amines is 2. The molecule has 5 aliphatic heterocycles. The molecule has 5 saturated heterocycles. The second-order valence-corrected chi connectivity index (χ2v) is 71.1. The van der Waals surface area contributed by atoms with Gasteiger partial charge in [-0.25, -0.2) is 0 Å². The van der Waals surface area contributed by atoms with Crippen molar-refractivity contribution in [1.82, 2.24) is 31.0 Å². The number of H-pyrrole nitrogens is 2. The lowest BCUT2D eigenvalue weighted by Gasteiger charge is -2.51. The van der Waals surface area contributed by atoms with Crippen LogP contribution in [-0.2, 0) is 51.4 Å². The molecular weight excluding hydrogens is 1790 g/mol. The minimum absolute atomic E-state index is 0.151. The molecule has 868 valence electrons. The highest BCUT2D eigenvalue weighted by Crippen LogP contribution is 2.57. The highest BCUT2D eigenvalue weighted by atomic mass is 16.6. The second kappa shape index (κ2) is 53.8. The zero-order chi connectivity index (χ0) is 116. The molecule has 10 heteroatoms. The van der Waals surface area contributed by atoms with Gasteiger partial charge in [0.1, 0.15) is 0 Å². The predicted molar refractivity (Wildman–Crippen MR) is 654 cm³/mol. The molecular formula is C137H266N6O4. The van der Waals surface area contributed by atoms with E-state index in [0.29, 0.717) is 93.6 Å². The smallest absolute Gasteiger partial charge is 0.0891 e. The SMILES string of the molecule is CC(C)(C)C1CCC1C(C)(C)C.CC(C)(C)C1CCCC1C(C)(C)C.CC(C)(C)C1CCCCC1C(C)(C)C.CC(C)(C)C1CCNCC1C(C)(C)C.CC(C)(C)C1CCOCC1C(C)(C)C.CC(C)(C)C1CNCC1C(C)(C)C.CC(C)(C)C1COCC1C(C)(C)C.CC(C)(C)C1OCCOC1C(C)(C)C.CC(C)(C)c1ccccc1C(C)(C)C.CC(C)(C)c1cn[nH]c1C(C)(C)C.CC(C)(C)c1cn[nH]c1C(C)(C)C. The third kappa shape index (κ3) is 48.4. The second-order valence-electron chi connectivity index (χ2n) is 71.1. The summed E-state index contributed by atoms with van der Waals surface area (Å²) in [6.45, 7) is 163. The highest BCUT2D eigenvalue weighted by Gasteiger charge is 2.50. The summed E-state index contributed by atoms with van der Waals surface area (Å²) in [7, 11) is 0. The lowest BCUT2D eigenvalue weighted by atomic mass is 9.54. The Kier molecular flexibility index (Phi) is 52.2. The number of piperidine rings is 1. The maximum Gasteiger partial charge on any atom is 0.0891 e. The van der Waals surface area contributed by atoms with Crippen LogP contribution in [-0.4, -0.2) is 98.4 Å². The van der Waals surface area contributed by atoms with Crippen molar-refractivity contribution in [3.8, 4) is 0 Å². The number of rotatable bonds is 0. The Labute approximate surface area is 922 Å². The van der Waals surface area contributed by atoms with E-state index in [0.717, 1.165) is 105 Å². The molecule has 7 heterocycles. The quantitative estimate of drug-likeness (QED) is 0.176. The number of nitrogens with one attached hydrogen (secondary N) is 4. The van der Waals surface area contributed by atoms with Gasteiger partial charge in [0.2, 0.25) is 0 Å². The number of hydrogen-bond acceptors (Lipinski definition) is 8. The summed E-state index contributed by atoms with van der Waals surface area (Å²) in [5, 5.41) is 21.5. The molecule has 4 N–H and O–H groups in total. The van der Waals surface area contributed by atoms with Crippen LogP contribution >= 0.6 is 0 Å². The summed E-state index contributed by atoms with van der Waals surface area (Å²) in [6.07, 6.45) is 19.9. The molecule has 8 fully saturated rings. The number of aromatic nitrogens is 4. The van der Waals surface area contributed by atoms with Gasteiger partial charge in [-0.1, -0.05) is 500 Å². The lowest BCUT2D eigenvalue weighted by molar-refractivity contribution is -0.204. The van der Waals surface area contributed by atoms with E-state index in [1.165, 1.54) is 130 Å². The Morgan fingerprint density at radius 2 is 0.422 bits per heavy atom. The largest absolute Gasteiger partial charge is 0.381 e. The van der Waals surface area contributed by atoms with Crippen LogP contribution in [0.5, 0.6) is 0 Å². The molecule has 0 radical (unpaired) electrons. The van der Waals surface area contributed by atoms with E-state index in [2.05, 4.69) is 512 Å². The van der Waals surface area contributed by atoms with E-state index in [4.69, 9.17) is 18.9 Å². The summed E-state index contributed by atoms with van der Waals surface area (Å²) in [5.74, 6) is 11.9. The summed E-state index contributed by atoms with van der Waals surface area (Å²) < 4.78 is 23.0. The topological polar surface area (TPSA) is 118 Å². The minimum Gasteiger partial charge on any atom is -0.381 e. The lowest BCUT2D eigenvalue weighted by Crippen LogP contribution is -2.52. The zero-order valence-electron chi connectivity index (χ0n) is 112. The first-order valence-corrected chi connectivity index (χ1v) is 60.0.